The Labute approximate surface area is 179 Å². The van der Waals surface area contributed by atoms with E-state index in [-0.39, 0.29) is 65.2 Å². The van der Waals surface area contributed by atoms with Crippen molar-refractivity contribution >= 4 is 53.1 Å². The molecule has 8 nitrogen and oxygen atoms in total. The number of carbonyl (C=O) groups is 5. The lowest BCUT2D eigenvalue weighted by Crippen LogP contribution is -2.35. The highest BCUT2D eigenvalue weighted by molar-refractivity contribution is 8.01. The second-order valence-electron chi connectivity index (χ2n) is 6.92. The first-order chi connectivity index (χ1) is 13.8. The number of hydrogen-bond donors (Lipinski definition) is 1. The molecule has 2 heterocycles. The maximum absolute atomic E-state index is 12.4. The monoisotopic (exact) mass is 441 g/mol. The van der Waals surface area contributed by atoms with E-state index in [0.717, 1.165) is 0 Å². The van der Waals surface area contributed by atoms with Crippen molar-refractivity contribution in [2.45, 2.75) is 48.4 Å². The number of amides is 5. The van der Waals surface area contributed by atoms with Crippen LogP contribution in [-0.2, 0) is 24.0 Å². The van der Waals surface area contributed by atoms with E-state index in [2.05, 4.69) is 11.9 Å². The van der Waals surface area contributed by atoms with Gasteiger partial charge in [-0.15, -0.1) is 30.1 Å². The number of imide groups is 2. The first-order valence-electron chi connectivity index (χ1n) is 9.57. The van der Waals surface area contributed by atoms with E-state index in [1.165, 1.54) is 40.4 Å². The van der Waals surface area contributed by atoms with E-state index in [1.807, 2.05) is 6.92 Å². The van der Waals surface area contributed by atoms with Crippen LogP contribution in [0.15, 0.2) is 12.7 Å². The zero-order valence-electron chi connectivity index (χ0n) is 16.7. The van der Waals surface area contributed by atoms with Gasteiger partial charge >= 0.3 is 0 Å². The second kappa shape index (κ2) is 10.8. The summed E-state index contributed by atoms with van der Waals surface area (Å²) in [5.74, 6) is -0.917. The van der Waals surface area contributed by atoms with E-state index in [0.29, 0.717) is 19.4 Å². The molecular weight excluding hydrogens is 414 g/mol. The zero-order chi connectivity index (χ0) is 21.6. The van der Waals surface area contributed by atoms with Crippen molar-refractivity contribution in [2.24, 2.45) is 0 Å². The largest absolute Gasteiger partial charge is 0.358 e. The normalized spacial score (nSPS) is 23.1. The Hall–Kier alpha value is -1.81. The number of unbranched alkanes of at least 4 members (excludes halogenated alkanes) is 1. The minimum Gasteiger partial charge on any atom is -0.358 e. The summed E-state index contributed by atoms with van der Waals surface area (Å²) in [6.45, 7) is 6.18. The zero-order valence-corrected chi connectivity index (χ0v) is 18.4. The van der Waals surface area contributed by atoms with Gasteiger partial charge in [-0.05, 0) is 19.8 Å². The molecule has 3 unspecified atom stereocenters. The Bertz CT molecular complexity index is 699. The average molecular weight is 442 g/mol. The summed E-state index contributed by atoms with van der Waals surface area (Å²) >= 11 is 2.60. The number of rotatable bonds is 11. The van der Waals surface area contributed by atoms with Gasteiger partial charge in [0.25, 0.3) is 0 Å². The molecular formula is C19H27N3O5S2. The predicted molar refractivity (Wildman–Crippen MR) is 113 cm³/mol. The van der Waals surface area contributed by atoms with Crippen molar-refractivity contribution in [1.82, 2.24) is 15.1 Å². The lowest BCUT2D eigenvalue weighted by Gasteiger charge is -2.17. The van der Waals surface area contributed by atoms with Crippen LogP contribution in [0, 0.1) is 0 Å². The smallest absolute Gasteiger partial charge is 0.242 e. The van der Waals surface area contributed by atoms with Gasteiger partial charge in [-0.3, -0.25) is 33.8 Å². The highest BCUT2D eigenvalue weighted by Crippen LogP contribution is 2.29. The standard InChI is InChI=1S/C19H27N3O5S2/c1-4-12(2)29-14-10-17(25)22(19(14)27)8-6-5-7-21-16(24)9-13(18(21)26)28-11-15(23)20-3/h4,12-14H,1,5-11H2,2-3H3,(H,20,23). The molecule has 10 heteroatoms. The Morgan fingerprint density at radius 3 is 2.14 bits per heavy atom. The van der Waals surface area contributed by atoms with Gasteiger partial charge in [0, 0.05) is 38.2 Å². The topological polar surface area (TPSA) is 104 Å². The molecule has 0 bridgehead atoms. The summed E-state index contributed by atoms with van der Waals surface area (Å²) in [6, 6.07) is 0. The fourth-order valence-corrected chi connectivity index (χ4v) is 5.25. The molecule has 2 rings (SSSR count). The summed E-state index contributed by atoms with van der Waals surface area (Å²) in [4.78, 5) is 62.8. The number of hydrogen-bond acceptors (Lipinski definition) is 7. The predicted octanol–water partition coefficient (Wildman–Crippen LogP) is 0.808. The van der Waals surface area contributed by atoms with Crippen molar-refractivity contribution in [3.8, 4) is 0 Å². The summed E-state index contributed by atoms with van der Waals surface area (Å²) in [6.07, 6.45) is 3.09. The lowest BCUT2D eigenvalue weighted by atomic mass is 10.3. The Morgan fingerprint density at radius 2 is 1.62 bits per heavy atom. The Kier molecular flexibility index (Phi) is 8.76. The lowest BCUT2D eigenvalue weighted by molar-refractivity contribution is -0.140. The molecule has 0 radical (unpaired) electrons. The Balaban J connectivity index is 1.76. The highest BCUT2D eigenvalue weighted by atomic mass is 32.2. The molecule has 3 atom stereocenters. The van der Waals surface area contributed by atoms with Crippen LogP contribution in [0.3, 0.4) is 0 Å². The molecule has 29 heavy (non-hydrogen) atoms. The maximum Gasteiger partial charge on any atom is 0.242 e. The quantitative estimate of drug-likeness (QED) is 0.287. The van der Waals surface area contributed by atoms with E-state index in [9.17, 15) is 24.0 Å². The number of nitrogens with one attached hydrogen (secondary N) is 1. The molecule has 2 aliphatic heterocycles. The van der Waals surface area contributed by atoms with Crippen LogP contribution in [-0.4, -0.2) is 81.0 Å². The average Bonchev–Trinajstić information content (AvgIpc) is 3.12. The van der Waals surface area contributed by atoms with Crippen LogP contribution >= 0.6 is 23.5 Å². The molecule has 1 N–H and O–H groups in total. The molecule has 2 fully saturated rings. The van der Waals surface area contributed by atoms with Crippen LogP contribution < -0.4 is 5.32 Å². The van der Waals surface area contributed by atoms with Gasteiger partial charge in [0.05, 0.1) is 16.3 Å². The van der Waals surface area contributed by atoms with Gasteiger partial charge in [0.2, 0.25) is 29.5 Å². The van der Waals surface area contributed by atoms with Crippen LogP contribution in [0.5, 0.6) is 0 Å². The third kappa shape index (κ3) is 6.08. The third-order valence-electron chi connectivity index (χ3n) is 4.82. The molecule has 0 saturated carbocycles. The van der Waals surface area contributed by atoms with Crippen LogP contribution in [0.1, 0.15) is 32.6 Å². The van der Waals surface area contributed by atoms with Crippen molar-refractivity contribution in [3.63, 3.8) is 0 Å². The van der Waals surface area contributed by atoms with E-state index in [1.54, 1.807) is 6.08 Å². The summed E-state index contributed by atoms with van der Waals surface area (Å²) in [5, 5.41) is 1.69. The van der Waals surface area contributed by atoms with Gasteiger partial charge in [-0.25, -0.2) is 0 Å². The van der Waals surface area contributed by atoms with Gasteiger partial charge in [-0.1, -0.05) is 6.08 Å². The van der Waals surface area contributed by atoms with Crippen molar-refractivity contribution in [1.29, 1.82) is 0 Å². The fourth-order valence-electron chi connectivity index (χ4n) is 3.11. The van der Waals surface area contributed by atoms with Gasteiger partial charge in [0.1, 0.15) is 0 Å². The Morgan fingerprint density at radius 1 is 1.10 bits per heavy atom. The van der Waals surface area contributed by atoms with E-state index in [4.69, 9.17) is 0 Å². The van der Waals surface area contributed by atoms with Crippen molar-refractivity contribution in [2.75, 3.05) is 25.9 Å². The molecule has 0 aromatic heterocycles. The summed E-state index contributed by atoms with van der Waals surface area (Å²) in [7, 11) is 1.52. The first-order valence-corrected chi connectivity index (χ1v) is 11.6. The van der Waals surface area contributed by atoms with Crippen LogP contribution in [0.2, 0.25) is 0 Å². The van der Waals surface area contributed by atoms with Gasteiger partial charge < -0.3 is 5.32 Å². The van der Waals surface area contributed by atoms with Crippen molar-refractivity contribution < 1.29 is 24.0 Å². The van der Waals surface area contributed by atoms with Gasteiger partial charge in [0.15, 0.2) is 0 Å². The summed E-state index contributed by atoms with van der Waals surface area (Å²) in [5.41, 5.74) is 0. The minimum absolute atomic E-state index is 0.0955. The second-order valence-corrected chi connectivity index (χ2v) is 9.70. The third-order valence-corrected chi connectivity index (χ3v) is 7.34. The number of likely N-dealkylation sites (tertiary alicyclic amines) is 2. The number of carbonyl (C=O) groups excluding carboxylic acids is 5. The molecule has 5 amide bonds. The van der Waals surface area contributed by atoms with Crippen molar-refractivity contribution in [3.05, 3.63) is 12.7 Å². The van der Waals surface area contributed by atoms with Crippen LogP contribution in [0.25, 0.3) is 0 Å². The molecule has 2 saturated heterocycles. The molecule has 160 valence electrons. The molecule has 0 aromatic rings. The van der Waals surface area contributed by atoms with Crippen LogP contribution in [0.4, 0.5) is 0 Å². The maximum atomic E-state index is 12.4. The SMILES string of the molecule is C=CC(C)SC1CC(=O)N(CCCCN2C(=O)CC(SCC(=O)NC)C2=O)C1=O. The van der Waals surface area contributed by atoms with E-state index < -0.39 is 5.25 Å². The van der Waals surface area contributed by atoms with Gasteiger partial charge in [-0.2, -0.15) is 0 Å². The first kappa shape index (κ1) is 23.5. The molecule has 0 aliphatic carbocycles. The molecule has 0 spiro atoms. The molecule has 2 aliphatic rings. The van der Waals surface area contributed by atoms with E-state index >= 15 is 0 Å². The number of nitrogens with zero attached hydrogens (tertiary/aromatic N) is 2. The highest BCUT2D eigenvalue weighted by Gasteiger charge is 2.40. The fraction of sp³-hybridized carbons (Fsp3) is 0.632. The molecule has 0 aromatic carbocycles. The number of thioether (sulfide) groups is 2. The summed E-state index contributed by atoms with van der Waals surface area (Å²) < 4.78 is 0. The minimum atomic E-state index is -0.522.